The molecule has 1 aliphatic heterocycles. The van der Waals surface area contributed by atoms with E-state index < -0.39 is 11.1 Å². The van der Waals surface area contributed by atoms with Gasteiger partial charge in [-0.1, -0.05) is 57.6 Å². The number of rotatable bonds is 2. The Kier molecular flexibility index (Phi) is 4.37. The van der Waals surface area contributed by atoms with E-state index in [0.717, 1.165) is 26.0 Å². The lowest BCUT2D eigenvalue weighted by Crippen LogP contribution is -2.33. The molecule has 0 spiro atoms. The number of carbonyl (C=O) groups excluding carboxylic acids is 1. The molecule has 5 rings (SSSR count). The molecule has 9 heteroatoms. The van der Waals surface area contributed by atoms with Gasteiger partial charge < -0.3 is 4.90 Å². The Morgan fingerprint density at radius 3 is 2.57 bits per heavy atom. The number of amides is 1. The van der Waals surface area contributed by atoms with E-state index in [9.17, 15) is 14.4 Å². The number of anilines is 1. The van der Waals surface area contributed by atoms with Crippen LogP contribution in [0.3, 0.4) is 0 Å². The minimum atomic E-state index is -0.518. The van der Waals surface area contributed by atoms with Crippen LogP contribution in [0.15, 0.2) is 62.6 Å². The molecule has 0 fully saturated rings. The summed E-state index contributed by atoms with van der Waals surface area (Å²) in [5, 5.41) is 4.27. The average Bonchev–Trinajstić information content (AvgIpc) is 3.20. The van der Waals surface area contributed by atoms with Crippen molar-refractivity contribution in [3.05, 3.63) is 83.8 Å². The highest BCUT2D eigenvalue weighted by Crippen LogP contribution is 2.36. The monoisotopic (exact) mass is 480 g/mol. The fourth-order valence-corrected chi connectivity index (χ4v) is 4.93. The van der Waals surface area contributed by atoms with Crippen LogP contribution >= 0.6 is 27.3 Å². The molecule has 4 aromatic rings. The number of halogens is 1. The van der Waals surface area contributed by atoms with E-state index in [1.807, 2.05) is 31.2 Å². The van der Waals surface area contributed by atoms with Gasteiger partial charge in [0, 0.05) is 22.1 Å². The number of aromatic nitrogens is 3. The maximum atomic E-state index is 13.2. The lowest BCUT2D eigenvalue weighted by Gasteiger charge is -2.13. The van der Waals surface area contributed by atoms with Crippen LogP contribution in [-0.4, -0.2) is 27.0 Å². The summed E-state index contributed by atoms with van der Waals surface area (Å²) < 4.78 is 2.13. The van der Waals surface area contributed by atoms with E-state index in [1.165, 1.54) is 0 Å². The molecule has 0 saturated carbocycles. The number of hydrogen-bond donors (Lipinski definition) is 0. The largest absolute Gasteiger partial charge is 0.308 e. The van der Waals surface area contributed by atoms with Gasteiger partial charge in [-0.05, 0) is 25.1 Å². The van der Waals surface area contributed by atoms with Gasteiger partial charge in [0.1, 0.15) is 4.53 Å². The maximum absolute atomic E-state index is 13.2. The number of hydrogen-bond acceptors (Lipinski definition) is 6. The summed E-state index contributed by atoms with van der Waals surface area (Å²) in [6.45, 7) is 2.35. The van der Waals surface area contributed by atoms with Gasteiger partial charge in [-0.3, -0.25) is 14.4 Å². The fourth-order valence-electron chi connectivity index (χ4n) is 3.57. The summed E-state index contributed by atoms with van der Waals surface area (Å²) in [6, 6.07) is 14.4. The van der Waals surface area contributed by atoms with Crippen molar-refractivity contribution in [1.29, 1.82) is 0 Å². The molecule has 30 heavy (non-hydrogen) atoms. The molecule has 1 aliphatic rings. The molecule has 0 saturated heterocycles. The van der Waals surface area contributed by atoms with Crippen molar-refractivity contribution in [2.75, 3.05) is 11.4 Å². The van der Waals surface area contributed by atoms with Crippen LogP contribution < -0.4 is 20.6 Å². The molecule has 148 valence electrons. The summed E-state index contributed by atoms with van der Waals surface area (Å²) in [5.74, 6) is -0.250. The zero-order valence-electron chi connectivity index (χ0n) is 15.6. The van der Waals surface area contributed by atoms with Gasteiger partial charge in [0.15, 0.2) is 5.69 Å². The zero-order chi connectivity index (χ0) is 21.0. The van der Waals surface area contributed by atoms with Crippen molar-refractivity contribution in [1.82, 2.24) is 14.6 Å². The second-order valence-corrected chi connectivity index (χ2v) is 8.54. The topological polar surface area (TPSA) is 84.6 Å². The van der Waals surface area contributed by atoms with Crippen LogP contribution in [0, 0.1) is 0 Å². The van der Waals surface area contributed by atoms with E-state index >= 15 is 0 Å². The van der Waals surface area contributed by atoms with E-state index in [2.05, 4.69) is 26.0 Å². The Bertz CT molecular complexity index is 1510. The number of carbonyl (C=O) groups is 1. The van der Waals surface area contributed by atoms with Crippen molar-refractivity contribution >= 4 is 49.4 Å². The highest BCUT2D eigenvalue weighted by Gasteiger charge is 2.33. The molecule has 7 nitrogen and oxygen atoms in total. The lowest BCUT2D eigenvalue weighted by atomic mass is 10.1. The van der Waals surface area contributed by atoms with Gasteiger partial charge in [0.2, 0.25) is 4.96 Å². The lowest BCUT2D eigenvalue weighted by molar-refractivity contribution is -0.113. The summed E-state index contributed by atoms with van der Waals surface area (Å²) in [5.41, 5.74) is 1.42. The molecular formula is C21H13BrN4O3S. The zero-order valence-corrected chi connectivity index (χ0v) is 18.0. The van der Waals surface area contributed by atoms with E-state index in [0.29, 0.717) is 23.2 Å². The predicted molar refractivity (Wildman–Crippen MR) is 119 cm³/mol. The standard InChI is InChI=1S/C21H13BrN4O3S/c1-2-25-14-9-8-12(22)10-13(14)15(19(25)28)17-20(29)26-21(30-17)23-18(27)16(24-26)11-6-4-3-5-7-11/h3-10H,2H2,1H3/b17-15-. The third-order valence-electron chi connectivity index (χ3n) is 4.93. The normalized spacial score (nSPS) is 15.1. The first kappa shape index (κ1) is 18.8. The quantitative estimate of drug-likeness (QED) is 0.439. The molecule has 2 aromatic carbocycles. The number of benzene rings is 2. The van der Waals surface area contributed by atoms with Crippen LogP contribution in [0.25, 0.3) is 21.8 Å². The smallest absolute Gasteiger partial charge is 0.300 e. The van der Waals surface area contributed by atoms with Gasteiger partial charge in [-0.25, -0.2) is 0 Å². The van der Waals surface area contributed by atoms with Crippen LogP contribution in [0.1, 0.15) is 12.5 Å². The first-order valence-electron chi connectivity index (χ1n) is 9.15. The van der Waals surface area contributed by atoms with Crippen molar-refractivity contribution in [3.8, 4) is 11.3 Å². The van der Waals surface area contributed by atoms with Gasteiger partial charge >= 0.3 is 5.56 Å². The fraction of sp³-hybridized carbons (Fsp3) is 0.0952. The molecule has 0 aliphatic carbocycles. The Morgan fingerprint density at radius 2 is 1.83 bits per heavy atom. The molecule has 0 radical (unpaired) electrons. The molecule has 0 N–H and O–H groups in total. The number of thiazole rings is 1. The minimum absolute atomic E-state index is 0.0932. The second kappa shape index (κ2) is 6.96. The molecule has 0 bridgehead atoms. The van der Waals surface area contributed by atoms with E-state index in [4.69, 9.17) is 0 Å². The Morgan fingerprint density at radius 1 is 1.07 bits per heavy atom. The highest BCUT2D eigenvalue weighted by molar-refractivity contribution is 9.10. The van der Waals surface area contributed by atoms with Gasteiger partial charge in [0.25, 0.3) is 11.5 Å². The summed E-state index contributed by atoms with van der Waals surface area (Å²) >= 11 is 4.44. The third-order valence-corrected chi connectivity index (χ3v) is 6.45. The maximum Gasteiger partial charge on any atom is 0.300 e. The molecule has 0 atom stereocenters. The van der Waals surface area contributed by atoms with Crippen molar-refractivity contribution in [2.45, 2.75) is 6.92 Å². The average molecular weight is 481 g/mol. The Balaban J connectivity index is 1.85. The van der Waals surface area contributed by atoms with E-state index in [-0.39, 0.29) is 21.1 Å². The van der Waals surface area contributed by atoms with Crippen molar-refractivity contribution < 1.29 is 4.79 Å². The van der Waals surface area contributed by atoms with Crippen molar-refractivity contribution in [2.24, 2.45) is 0 Å². The summed E-state index contributed by atoms with van der Waals surface area (Å²) in [4.78, 5) is 44.7. The Hall–Kier alpha value is -3.17. The highest BCUT2D eigenvalue weighted by atomic mass is 79.9. The molecule has 2 aromatic heterocycles. The number of fused-ring (bicyclic) bond motifs is 2. The van der Waals surface area contributed by atoms with Gasteiger partial charge in [0.05, 0.1) is 11.3 Å². The summed E-state index contributed by atoms with van der Waals surface area (Å²) in [6.07, 6.45) is 0. The first-order chi connectivity index (χ1) is 14.5. The van der Waals surface area contributed by atoms with Crippen LogP contribution in [0.2, 0.25) is 0 Å². The molecule has 0 unspecified atom stereocenters. The summed E-state index contributed by atoms with van der Waals surface area (Å²) in [7, 11) is 0. The van der Waals surface area contributed by atoms with Crippen LogP contribution in [-0.2, 0) is 4.79 Å². The number of nitrogens with zero attached hydrogens (tertiary/aromatic N) is 4. The SMILES string of the molecule is CCN1C(=O)/C(=c2\sc3nc(=O)c(-c4ccccc4)nn3c2=O)c2cc(Br)ccc21. The van der Waals surface area contributed by atoms with Crippen LogP contribution in [0.4, 0.5) is 5.69 Å². The Labute approximate surface area is 182 Å². The number of likely N-dealkylation sites (N-methyl/N-ethyl adjacent to an activating group) is 1. The van der Waals surface area contributed by atoms with Gasteiger partial charge in [-0.2, -0.15) is 14.6 Å². The molecule has 1 amide bonds. The first-order valence-corrected chi connectivity index (χ1v) is 10.8. The predicted octanol–water partition coefficient (Wildman–Crippen LogP) is 2.23. The molecular weight excluding hydrogens is 468 g/mol. The molecule has 3 heterocycles. The van der Waals surface area contributed by atoms with E-state index in [1.54, 1.807) is 29.2 Å². The second-order valence-electron chi connectivity index (χ2n) is 6.65. The third kappa shape index (κ3) is 2.73. The minimum Gasteiger partial charge on any atom is -0.308 e. The van der Waals surface area contributed by atoms with Gasteiger partial charge in [-0.15, -0.1) is 0 Å². The van der Waals surface area contributed by atoms with Crippen molar-refractivity contribution in [3.63, 3.8) is 0 Å². The van der Waals surface area contributed by atoms with Crippen LogP contribution in [0.5, 0.6) is 0 Å².